The average Bonchev–Trinajstić information content (AvgIpc) is 2.64. The van der Waals surface area contributed by atoms with Gasteiger partial charge in [0, 0.05) is 17.8 Å². The SMILES string of the molecule is CC(C)(C)S(=O)N[C@@H](CCC1OCCCO1)c1cc(Cl)nc2ccccc12. The van der Waals surface area contributed by atoms with Gasteiger partial charge < -0.3 is 9.47 Å². The molecule has 1 fully saturated rings. The van der Waals surface area contributed by atoms with Crippen LogP contribution in [0.1, 0.15) is 51.6 Å². The summed E-state index contributed by atoms with van der Waals surface area (Å²) >= 11 is 6.28. The molecule has 148 valence electrons. The van der Waals surface area contributed by atoms with Crippen LogP contribution in [-0.4, -0.2) is 33.4 Å². The zero-order chi connectivity index (χ0) is 19.4. The lowest BCUT2D eigenvalue weighted by atomic mass is 9.99. The number of halogens is 1. The van der Waals surface area contributed by atoms with E-state index in [1.807, 2.05) is 51.1 Å². The van der Waals surface area contributed by atoms with Crippen molar-refractivity contribution in [3.8, 4) is 0 Å². The molecule has 0 aliphatic carbocycles. The Morgan fingerprint density at radius 2 is 2.00 bits per heavy atom. The van der Waals surface area contributed by atoms with Crippen LogP contribution >= 0.6 is 11.6 Å². The molecule has 1 aromatic heterocycles. The molecule has 27 heavy (non-hydrogen) atoms. The van der Waals surface area contributed by atoms with Gasteiger partial charge >= 0.3 is 0 Å². The minimum Gasteiger partial charge on any atom is -0.353 e. The van der Waals surface area contributed by atoms with Crippen LogP contribution in [0.5, 0.6) is 0 Å². The first-order valence-electron chi connectivity index (χ1n) is 9.31. The van der Waals surface area contributed by atoms with Crippen molar-refractivity contribution >= 4 is 33.5 Å². The highest BCUT2D eigenvalue weighted by atomic mass is 35.5. The van der Waals surface area contributed by atoms with E-state index in [1.165, 1.54) is 0 Å². The van der Waals surface area contributed by atoms with E-state index in [1.54, 1.807) is 0 Å². The maximum Gasteiger partial charge on any atom is 0.157 e. The predicted octanol–water partition coefficient (Wildman–Crippen LogP) is 4.52. The number of nitrogens with one attached hydrogen (secondary N) is 1. The minimum absolute atomic E-state index is 0.149. The van der Waals surface area contributed by atoms with Crippen molar-refractivity contribution in [3.63, 3.8) is 0 Å². The predicted molar refractivity (Wildman–Crippen MR) is 110 cm³/mol. The molecule has 0 bridgehead atoms. The summed E-state index contributed by atoms with van der Waals surface area (Å²) in [5.41, 5.74) is 1.83. The fourth-order valence-electron chi connectivity index (χ4n) is 3.05. The summed E-state index contributed by atoms with van der Waals surface area (Å²) in [6, 6.07) is 9.60. The Hall–Kier alpha value is -1.05. The van der Waals surface area contributed by atoms with Crippen molar-refractivity contribution in [2.24, 2.45) is 0 Å². The van der Waals surface area contributed by atoms with Gasteiger partial charge in [-0.25, -0.2) is 13.9 Å². The number of ether oxygens (including phenoxy) is 2. The second-order valence-corrected chi connectivity index (χ2v) is 10.1. The molecule has 2 atom stereocenters. The molecule has 0 radical (unpaired) electrons. The topological polar surface area (TPSA) is 60.5 Å². The highest BCUT2D eigenvalue weighted by molar-refractivity contribution is 7.84. The Labute approximate surface area is 168 Å². The van der Waals surface area contributed by atoms with E-state index >= 15 is 0 Å². The molecule has 0 amide bonds. The lowest BCUT2D eigenvalue weighted by molar-refractivity contribution is -0.182. The van der Waals surface area contributed by atoms with Crippen LogP contribution in [0.2, 0.25) is 5.15 Å². The molecule has 7 heteroatoms. The number of hydrogen-bond acceptors (Lipinski definition) is 4. The number of fused-ring (bicyclic) bond motifs is 1. The van der Waals surface area contributed by atoms with Crippen molar-refractivity contribution in [1.82, 2.24) is 9.71 Å². The molecular formula is C20H27ClN2O3S. The summed E-state index contributed by atoms with van der Waals surface area (Å²) in [5.74, 6) is 0. The zero-order valence-corrected chi connectivity index (χ0v) is 17.6. The van der Waals surface area contributed by atoms with Crippen LogP contribution in [0.15, 0.2) is 30.3 Å². The normalized spacial score (nSPS) is 18.5. The van der Waals surface area contributed by atoms with Gasteiger partial charge in [-0.1, -0.05) is 29.8 Å². The molecule has 1 saturated heterocycles. The molecule has 2 aromatic rings. The summed E-state index contributed by atoms with van der Waals surface area (Å²) in [5, 5.41) is 1.44. The van der Waals surface area contributed by atoms with Gasteiger partial charge in [-0.2, -0.15) is 0 Å². The fourth-order valence-corrected chi connectivity index (χ4v) is 4.11. The highest BCUT2D eigenvalue weighted by Gasteiger charge is 2.26. The van der Waals surface area contributed by atoms with E-state index in [0.717, 1.165) is 42.5 Å². The smallest absolute Gasteiger partial charge is 0.157 e. The first-order valence-corrected chi connectivity index (χ1v) is 10.8. The van der Waals surface area contributed by atoms with Crippen molar-refractivity contribution in [2.75, 3.05) is 13.2 Å². The fraction of sp³-hybridized carbons (Fsp3) is 0.550. The van der Waals surface area contributed by atoms with Gasteiger partial charge in [0.15, 0.2) is 6.29 Å². The van der Waals surface area contributed by atoms with Gasteiger partial charge in [-0.3, -0.25) is 0 Å². The first kappa shape index (κ1) is 20.7. The summed E-state index contributed by atoms with van der Waals surface area (Å²) in [6.45, 7) is 7.32. The van der Waals surface area contributed by atoms with Gasteiger partial charge in [-0.15, -0.1) is 0 Å². The Kier molecular flexibility index (Phi) is 6.87. The van der Waals surface area contributed by atoms with Gasteiger partial charge in [0.05, 0.1) is 34.5 Å². The molecule has 1 aliphatic heterocycles. The molecule has 1 aromatic carbocycles. The zero-order valence-electron chi connectivity index (χ0n) is 16.0. The highest BCUT2D eigenvalue weighted by Crippen LogP contribution is 2.31. The second-order valence-electron chi connectivity index (χ2n) is 7.70. The summed E-state index contributed by atoms with van der Waals surface area (Å²) < 4.78 is 27.1. The van der Waals surface area contributed by atoms with Crippen LogP contribution < -0.4 is 4.72 Å². The molecule has 0 saturated carbocycles. The quantitative estimate of drug-likeness (QED) is 0.711. The number of benzene rings is 1. The maximum atomic E-state index is 12.8. The van der Waals surface area contributed by atoms with E-state index in [2.05, 4.69) is 9.71 Å². The maximum absolute atomic E-state index is 12.8. The van der Waals surface area contributed by atoms with E-state index in [4.69, 9.17) is 21.1 Å². The Morgan fingerprint density at radius 1 is 1.30 bits per heavy atom. The van der Waals surface area contributed by atoms with Gasteiger partial charge in [0.2, 0.25) is 0 Å². The Bertz CT molecular complexity index is 803. The lowest BCUT2D eigenvalue weighted by Gasteiger charge is -2.28. The minimum atomic E-state index is -1.22. The largest absolute Gasteiger partial charge is 0.353 e. The third-order valence-corrected chi connectivity index (χ3v) is 6.29. The Morgan fingerprint density at radius 3 is 2.70 bits per heavy atom. The molecule has 1 unspecified atom stereocenters. The van der Waals surface area contributed by atoms with Crippen molar-refractivity contribution in [1.29, 1.82) is 0 Å². The van der Waals surface area contributed by atoms with Crippen molar-refractivity contribution in [2.45, 2.75) is 57.1 Å². The molecule has 2 heterocycles. The van der Waals surface area contributed by atoms with Crippen LogP contribution in [0.4, 0.5) is 0 Å². The summed E-state index contributed by atoms with van der Waals surface area (Å²) in [7, 11) is -1.22. The molecule has 1 N–H and O–H groups in total. The number of nitrogens with zero attached hydrogens (tertiary/aromatic N) is 1. The van der Waals surface area contributed by atoms with Crippen LogP contribution in [-0.2, 0) is 20.5 Å². The third kappa shape index (κ3) is 5.48. The third-order valence-electron chi connectivity index (χ3n) is 4.49. The Balaban J connectivity index is 1.90. The van der Waals surface area contributed by atoms with Gasteiger partial charge in [-0.05, 0) is 51.3 Å². The molecule has 0 spiro atoms. The van der Waals surface area contributed by atoms with Crippen molar-refractivity contribution in [3.05, 3.63) is 41.0 Å². The average molecular weight is 411 g/mol. The number of para-hydroxylation sites is 1. The number of aromatic nitrogens is 1. The van der Waals surface area contributed by atoms with E-state index in [0.29, 0.717) is 11.6 Å². The lowest BCUT2D eigenvalue weighted by Crippen LogP contribution is -2.36. The van der Waals surface area contributed by atoms with Crippen LogP contribution in [0.25, 0.3) is 10.9 Å². The first-order chi connectivity index (χ1) is 12.8. The van der Waals surface area contributed by atoms with Crippen molar-refractivity contribution < 1.29 is 13.7 Å². The monoisotopic (exact) mass is 410 g/mol. The van der Waals surface area contributed by atoms with Gasteiger partial charge in [0.1, 0.15) is 5.15 Å². The number of pyridine rings is 1. The second kappa shape index (κ2) is 8.97. The molecule has 3 rings (SSSR count). The summed E-state index contributed by atoms with van der Waals surface area (Å²) in [6.07, 6.45) is 2.15. The van der Waals surface area contributed by atoms with E-state index < -0.39 is 11.0 Å². The van der Waals surface area contributed by atoms with Gasteiger partial charge in [0.25, 0.3) is 0 Å². The van der Waals surface area contributed by atoms with E-state index in [-0.39, 0.29) is 17.1 Å². The van der Waals surface area contributed by atoms with E-state index in [9.17, 15) is 4.21 Å². The number of hydrogen-bond donors (Lipinski definition) is 1. The van der Waals surface area contributed by atoms with Crippen LogP contribution in [0, 0.1) is 0 Å². The molecular weight excluding hydrogens is 384 g/mol. The number of rotatable bonds is 6. The molecule has 5 nitrogen and oxygen atoms in total. The standard InChI is InChI=1S/C20H27ClN2O3S/c1-20(2,3)27(24)23-17(9-10-19-25-11-6-12-26-19)15-13-18(21)22-16-8-5-4-7-14(15)16/h4-5,7-8,13,17,19,23H,6,9-12H2,1-3H3/t17-,27?/m0/s1. The molecule has 1 aliphatic rings. The van der Waals surface area contributed by atoms with Crippen LogP contribution in [0.3, 0.4) is 0 Å². The summed E-state index contributed by atoms with van der Waals surface area (Å²) in [4.78, 5) is 4.41.